The Balaban J connectivity index is 1.59. The highest BCUT2D eigenvalue weighted by Crippen LogP contribution is 2.25. The second-order valence-electron chi connectivity index (χ2n) is 6.51. The van der Waals surface area contributed by atoms with E-state index in [1.165, 1.54) is 16.8 Å². The van der Waals surface area contributed by atoms with E-state index in [9.17, 15) is 9.59 Å². The predicted molar refractivity (Wildman–Crippen MR) is 110 cm³/mol. The molecule has 30 heavy (non-hydrogen) atoms. The second kappa shape index (κ2) is 8.08. The van der Waals surface area contributed by atoms with Crippen molar-refractivity contribution in [1.82, 2.24) is 19.2 Å². The van der Waals surface area contributed by atoms with Gasteiger partial charge in [0.05, 0.1) is 7.11 Å². The van der Waals surface area contributed by atoms with Crippen LogP contribution in [0.1, 0.15) is 5.56 Å². The van der Waals surface area contributed by atoms with E-state index in [4.69, 9.17) is 9.47 Å². The van der Waals surface area contributed by atoms with E-state index in [0.717, 1.165) is 10.2 Å². The van der Waals surface area contributed by atoms with Crippen LogP contribution in [-0.4, -0.2) is 32.2 Å². The minimum absolute atomic E-state index is 0.177. The standard InChI is InChI=1S/C21H19N5O4/c1-14-6-3-4-9-17(14)30-20-19-24-26(21(28)25(19)11-10-22-20)13-18(27)23-15-7-5-8-16(12-15)29-2/h3-12H,13H2,1-2H3,(H,23,27). The van der Waals surface area contributed by atoms with Crippen LogP contribution in [0.25, 0.3) is 5.65 Å². The van der Waals surface area contributed by atoms with Crippen molar-refractivity contribution >= 4 is 17.2 Å². The van der Waals surface area contributed by atoms with E-state index in [1.807, 2.05) is 25.1 Å². The van der Waals surface area contributed by atoms with Crippen molar-refractivity contribution in [3.05, 3.63) is 77.0 Å². The average Bonchev–Trinajstić information content (AvgIpc) is 3.06. The third kappa shape index (κ3) is 3.86. The van der Waals surface area contributed by atoms with Gasteiger partial charge in [-0.1, -0.05) is 24.3 Å². The molecule has 0 spiro atoms. The van der Waals surface area contributed by atoms with Gasteiger partial charge in [-0.15, -0.1) is 5.10 Å². The molecule has 0 bridgehead atoms. The topological polar surface area (TPSA) is 99.8 Å². The maximum atomic E-state index is 12.7. The van der Waals surface area contributed by atoms with E-state index in [0.29, 0.717) is 17.2 Å². The first-order valence-electron chi connectivity index (χ1n) is 9.17. The van der Waals surface area contributed by atoms with Gasteiger partial charge in [-0.3, -0.25) is 4.79 Å². The van der Waals surface area contributed by atoms with Gasteiger partial charge in [-0.05, 0) is 30.7 Å². The van der Waals surface area contributed by atoms with E-state index in [2.05, 4.69) is 15.4 Å². The molecule has 2 heterocycles. The summed E-state index contributed by atoms with van der Waals surface area (Å²) in [4.78, 5) is 29.3. The van der Waals surface area contributed by atoms with Gasteiger partial charge in [-0.25, -0.2) is 18.9 Å². The van der Waals surface area contributed by atoms with Gasteiger partial charge in [-0.2, -0.15) is 0 Å². The molecule has 152 valence electrons. The van der Waals surface area contributed by atoms with E-state index in [-0.39, 0.29) is 18.1 Å². The van der Waals surface area contributed by atoms with Crippen molar-refractivity contribution in [3.8, 4) is 17.4 Å². The Bertz CT molecular complexity index is 1280. The number of fused-ring (bicyclic) bond motifs is 1. The number of benzene rings is 2. The van der Waals surface area contributed by atoms with Crippen LogP contribution in [0.15, 0.2) is 65.7 Å². The lowest BCUT2D eigenvalue weighted by molar-refractivity contribution is -0.117. The maximum Gasteiger partial charge on any atom is 0.351 e. The first-order valence-corrected chi connectivity index (χ1v) is 9.17. The van der Waals surface area contributed by atoms with Crippen LogP contribution >= 0.6 is 0 Å². The molecule has 0 unspecified atom stereocenters. The summed E-state index contributed by atoms with van der Waals surface area (Å²) in [6.07, 6.45) is 2.93. The number of nitrogens with one attached hydrogen (secondary N) is 1. The molecule has 4 rings (SSSR count). The lowest BCUT2D eigenvalue weighted by Crippen LogP contribution is -2.28. The van der Waals surface area contributed by atoms with E-state index in [1.54, 1.807) is 37.4 Å². The fourth-order valence-electron chi connectivity index (χ4n) is 2.91. The van der Waals surface area contributed by atoms with Gasteiger partial charge in [0, 0.05) is 24.1 Å². The number of methoxy groups -OCH3 is 1. The van der Waals surface area contributed by atoms with Crippen LogP contribution in [-0.2, 0) is 11.3 Å². The minimum Gasteiger partial charge on any atom is -0.497 e. The van der Waals surface area contributed by atoms with Gasteiger partial charge in [0.2, 0.25) is 11.6 Å². The molecule has 2 aromatic heterocycles. The normalized spacial score (nSPS) is 10.7. The highest BCUT2D eigenvalue weighted by atomic mass is 16.5. The van der Waals surface area contributed by atoms with Crippen molar-refractivity contribution in [2.75, 3.05) is 12.4 Å². The zero-order valence-electron chi connectivity index (χ0n) is 16.4. The van der Waals surface area contributed by atoms with Crippen molar-refractivity contribution in [2.24, 2.45) is 0 Å². The summed E-state index contributed by atoms with van der Waals surface area (Å²) in [7, 11) is 1.54. The molecule has 4 aromatic rings. The van der Waals surface area contributed by atoms with Crippen molar-refractivity contribution in [1.29, 1.82) is 0 Å². The zero-order chi connectivity index (χ0) is 21.1. The van der Waals surface area contributed by atoms with Crippen molar-refractivity contribution in [3.63, 3.8) is 0 Å². The largest absolute Gasteiger partial charge is 0.497 e. The summed E-state index contributed by atoms with van der Waals surface area (Å²) in [5, 5.41) is 6.97. The van der Waals surface area contributed by atoms with Crippen LogP contribution in [0.4, 0.5) is 5.69 Å². The molecule has 9 heteroatoms. The van der Waals surface area contributed by atoms with Gasteiger partial charge in [0.1, 0.15) is 18.0 Å². The quantitative estimate of drug-likeness (QED) is 0.529. The molecule has 0 saturated carbocycles. The number of ether oxygens (including phenoxy) is 2. The number of hydrogen-bond donors (Lipinski definition) is 1. The highest BCUT2D eigenvalue weighted by molar-refractivity contribution is 5.90. The summed E-state index contributed by atoms with van der Waals surface area (Å²) in [5.74, 6) is 0.997. The van der Waals surface area contributed by atoms with E-state index >= 15 is 0 Å². The highest BCUT2D eigenvalue weighted by Gasteiger charge is 2.16. The van der Waals surface area contributed by atoms with Crippen molar-refractivity contribution in [2.45, 2.75) is 13.5 Å². The third-order valence-corrected chi connectivity index (χ3v) is 4.42. The summed E-state index contributed by atoms with van der Waals surface area (Å²) in [6, 6.07) is 14.4. The number of carbonyl (C=O) groups is 1. The molecular formula is C21H19N5O4. The minimum atomic E-state index is -0.470. The predicted octanol–water partition coefficient (Wildman–Crippen LogP) is 2.64. The fourth-order valence-corrected chi connectivity index (χ4v) is 2.91. The number of nitrogens with zero attached hydrogens (tertiary/aromatic N) is 4. The SMILES string of the molecule is COc1cccc(NC(=O)Cn2nc3c(Oc4ccccc4C)nccn3c2=O)c1. The van der Waals surface area contributed by atoms with Crippen LogP contribution in [0.5, 0.6) is 17.4 Å². The van der Waals surface area contributed by atoms with Crippen LogP contribution in [0, 0.1) is 6.92 Å². The van der Waals surface area contributed by atoms with Gasteiger partial charge >= 0.3 is 5.69 Å². The molecule has 0 saturated heterocycles. The Kier molecular flexibility index (Phi) is 5.17. The monoisotopic (exact) mass is 405 g/mol. The summed E-state index contributed by atoms with van der Waals surface area (Å²) < 4.78 is 13.4. The average molecular weight is 405 g/mol. The molecule has 9 nitrogen and oxygen atoms in total. The van der Waals surface area contributed by atoms with Gasteiger partial charge in [0.15, 0.2) is 0 Å². The Labute approximate surface area is 171 Å². The third-order valence-electron chi connectivity index (χ3n) is 4.42. The first-order chi connectivity index (χ1) is 14.5. The summed E-state index contributed by atoms with van der Waals surface area (Å²) >= 11 is 0. The summed E-state index contributed by atoms with van der Waals surface area (Å²) in [6.45, 7) is 1.64. The van der Waals surface area contributed by atoms with Gasteiger partial charge < -0.3 is 14.8 Å². The molecule has 0 radical (unpaired) electrons. The number of aromatic nitrogens is 4. The van der Waals surface area contributed by atoms with Crippen molar-refractivity contribution < 1.29 is 14.3 Å². The molecule has 0 aliphatic heterocycles. The number of carbonyl (C=O) groups excluding carboxylic acids is 1. The molecule has 0 aliphatic rings. The number of anilines is 1. The number of rotatable bonds is 6. The van der Waals surface area contributed by atoms with Gasteiger partial charge in [0.25, 0.3) is 5.88 Å². The molecule has 0 aliphatic carbocycles. The second-order valence-corrected chi connectivity index (χ2v) is 6.51. The Morgan fingerprint density at radius 2 is 2.00 bits per heavy atom. The lowest BCUT2D eigenvalue weighted by Gasteiger charge is -2.07. The fraction of sp³-hybridized carbons (Fsp3) is 0.143. The number of hydrogen-bond acceptors (Lipinski definition) is 6. The van der Waals surface area contributed by atoms with Crippen LogP contribution in [0.3, 0.4) is 0 Å². The molecule has 1 amide bonds. The molecule has 2 aromatic carbocycles. The summed E-state index contributed by atoms with van der Waals surface area (Å²) in [5.41, 5.74) is 1.23. The molecule has 0 atom stereocenters. The molecule has 1 N–H and O–H groups in total. The number of aryl methyl sites for hydroxylation is 1. The zero-order valence-corrected chi connectivity index (χ0v) is 16.4. The number of amides is 1. The van der Waals surface area contributed by atoms with E-state index < -0.39 is 11.6 Å². The Morgan fingerprint density at radius 1 is 1.17 bits per heavy atom. The first kappa shape index (κ1) is 19.2. The number of para-hydroxylation sites is 1. The maximum absolute atomic E-state index is 12.7. The van der Waals surface area contributed by atoms with Crippen LogP contribution < -0.4 is 20.5 Å². The molecule has 0 fully saturated rings. The lowest BCUT2D eigenvalue weighted by atomic mass is 10.2. The van der Waals surface area contributed by atoms with Crippen LogP contribution in [0.2, 0.25) is 0 Å². The Hall–Kier alpha value is -4.14. The smallest absolute Gasteiger partial charge is 0.351 e. The molecular weight excluding hydrogens is 386 g/mol. The Morgan fingerprint density at radius 3 is 2.80 bits per heavy atom.